The van der Waals surface area contributed by atoms with Gasteiger partial charge in [0.25, 0.3) is 0 Å². The lowest BCUT2D eigenvalue weighted by atomic mass is 9.92. The molecule has 0 spiro atoms. The van der Waals surface area contributed by atoms with Crippen LogP contribution in [-0.2, 0) is 4.79 Å². The number of nitrogens with zero attached hydrogens (tertiary/aromatic N) is 1. The summed E-state index contributed by atoms with van der Waals surface area (Å²) < 4.78 is 0. The molecule has 0 aliphatic carbocycles. The molecule has 1 amide bonds. The lowest BCUT2D eigenvalue weighted by Crippen LogP contribution is -2.49. The topological polar surface area (TPSA) is 58.4 Å². The van der Waals surface area contributed by atoms with Crippen LogP contribution in [0.1, 0.15) is 25.3 Å². The van der Waals surface area contributed by atoms with Gasteiger partial charge in [0, 0.05) is 18.3 Å². The van der Waals surface area contributed by atoms with Crippen molar-refractivity contribution in [2.24, 2.45) is 11.7 Å². The molecule has 0 bridgehead atoms. The van der Waals surface area contributed by atoms with Crippen LogP contribution in [0.2, 0.25) is 0 Å². The first kappa shape index (κ1) is 18.0. The third kappa shape index (κ3) is 5.30. The van der Waals surface area contributed by atoms with E-state index in [0.29, 0.717) is 25.0 Å². The second-order valence-corrected chi connectivity index (χ2v) is 5.90. The minimum atomic E-state index is 0. The number of hydrogen-bond donors (Lipinski definition) is 2. The van der Waals surface area contributed by atoms with E-state index in [1.807, 2.05) is 31.2 Å². The molecule has 5 heteroatoms. The maximum Gasteiger partial charge on any atom is 0.238 e. The standard InChI is InChI=1S/C16H25N3O.ClH/c1-12-3-5-14(6-4-12)18-16(20)11-19-8-7-13(2)9-15(19)10-17;/h3-6,13,15H,7-11,17H2,1-2H3,(H,18,20);1H. The second-order valence-electron chi connectivity index (χ2n) is 5.90. The highest BCUT2D eigenvalue weighted by Gasteiger charge is 2.26. The molecule has 0 radical (unpaired) electrons. The molecule has 1 heterocycles. The Morgan fingerprint density at radius 3 is 2.67 bits per heavy atom. The summed E-state index contributed by atoms with van der Waals surface area (Å²) >= 11 is 0. The maximum absolute atomic E-state index is 12.1. The average molecular weight is 312 g/mol. The van der Waals surface area contributed by atoms with Gasteiger partial charge in [-0.3, -0.25) is 9.69 Å². The van der Waals surface area contributed by atoms with E-state index in [4.69, 9.17) is 5.73 Å². The SMILES string of the molecule is Cc1ccc(NC(=O)CN2CCC(C)CC2CN)cc1.Cl. The zero-order valence-electron chi connectivity index (χ0n) is 12.8. The van der Waals surface area contributed by atoms with Crippen LogP contribution in [0.5, 0.6) is 0 Å². The largest absolute Gasteiger partial charge is 0.329 e. The first-order valence-corrected chi connectivity index (χ1v) is 7.39. The number of piperidine rings is 1. The van der Waals surface area contributed by atoms with Crippen molar-refractivity contribution in [3.05, 3.63) is 29.8 Å². The molecular formula is C16H26ClN3O. The molecule has 21 heavy (non-hydrogen) atoms. The van der Waals surface area contributed by atoms with Gasteiger partial charge in [-0.25, -0.2) is 0 Å². The predicted octanol–water partition coefficient (Wildman–Crippen LogP) is 2.41. The lowest BCUT2D eigenvalue weighted by Gasteiger charge is -2.37. The molecular weight excluding hydrogens is 286 g/mol. The smallest absolute Gasteiger partial charge is 0.238 e. The van der Waals surface area contributed by atoms with Gasteiger partial charge in [-0.15, -0.1) is 12.4 Å². The van der Waals surface area contributed by atoms with Gasteiger partial charge in [-0.2, -0.15) is 0 Å². The Kier molecular flexibility index (Phi) is 7.15. The highest BCUT2D eigenvalue weighted by Crippen LogP contribution is 2.21. The second kappa shape index (κ2) is 8.37. The number of amides is 1. The Labute approximate surface area is 133 Å². The third-order valence-electron chi connectivity index (χ3n) is 4.05. The molecule has 1 aromatic rings. The molecule has 1 fully saturated rings. The molecule has 1 aliphatic rings. The van der Waals surface area contributed by atoms with Crippen molar-refractivity contribution in [2.45, 2.75) is 32.7 Å². The number of rotatable bonds is 4. The molecule has 1 aliphatic heterocycles. The van der Waals surface area contributed by atoms with Crippen molar-refractivity contribution < 1.29 is 4.79 Å². The fourth-order valence-electron chi connectivity index (χ4n) is 2.78. The van der Waals surface area contributed by atoms with Crippen LogP contribution < -0.4 is 11.1 Å². The van der Waals surface area contributed by atoms with Gasteiger partial charge in [-0.05, 0) is 44.4 Å². The molecule has 2 rings (SSSR count). The summed E-state index contributed by atoms with van der Waals surface area (Å²) in [5, 5.41) is 2.95. The summed E-state index contributed by atoms with van der Waals surface area (Å²) in [5.74, 6) is 0.752. The Bertz CT molecular complexity index is 449. The van der Waals surface area contributed by atoms with Gasteiger partial charge >= 0.3 is 0 Å². The van der Waals surface area contributed by atoms with Crippen molar-refractivity contribution in [3.8, 4) is 0 Å². The van der Waals surface area contributed by atoms with Crippen molar-refractivity contribution in [1.29, 1.82) is 0 Å². The maximum atomic E-state index is 12.1. The number of benzene rings is 1. The Balaban J connectivity index is 0.00000220. The monoisotopic (exact) mass is 311 g/mol. The zero-order chi connectivity index (χ0) is 14.5. The number of hydrogen-bond acceptors (Lipinski definition) is 3. The molecule has 3 N–H and O–H groups in total. The quantitative estimate of drug-likeness (QED) is 0.898. The molecule has 1 aromatic carbocycles. The molecule has 118 valence electrons. The van der Waals surface area contributed by atoms with E-state index < -0.39 is 0 Å². The van der Waals surface area contributed by atoms with Crippen molar-refractivity contribution in [2.75, 3.05) is 25.0 Å². The fourth-order valence-corrected chi connectivity index (χ4v) is 2.78. The van der Waals surface area contributed by atoms with Crippen LogP contribution >= 0.6 is 12.4 Å². The third-order valence-corrected chi connectivity index (χ3v) is 4.05. The van der Waals surface area contributed by atoms with Gasteiger partial charge < -0.3 is 11.1 Å². The van der Waals surface area contributed by atoms with Gasteiger partial charge in [-0.1, -0.05) is 24.6 Å². The molecule has 2 unspecified atom stereocenters. The number of nitrogens with two attached hydrogens (primary N) is 1. The van der Waals surface area contributed by atoms with Crippen LogP contribution in [0.15, 0.2) is 24.3 Å². The van der Waals surface area contributed by atoms with E-state index in [1.165, 1.54) is 5.56 Å². The molecule has 0 saturated carbocycles. The van der Waals surface area contributed by atoms with E-state index in [0.717, 1.165) is 25.1 Å². The number of halogens is 1. The summed E-state index contributed by atoms with van der Waals surface area (Å²) in [7, 11) is 0. The Morgan fingerprint density at radius 2 is 2.05 bits per heavy atom. The fraction of sp³-hybridized carbons (Fsp3) is 0.562. The minimum Gasteiger partial charge on any atom is -0.329 e. The average Bonchev–Trinajstić information content (AvgIpc) is 2.43. The summed E-state index contributed by atoms with van der Waals surface area (Å²) in [6.45, 7) is 6.31. The van der Waals surface area contributed by atoms with Gasteiger partial charge in [0.05, 0.1) is 6.54 Å². The van der Waals surface area contributed by atoms with Gasteiger partial charge in [0.2, 0.25) is 5.91 Å². The van der Waals surface area contributed by atoms with E-state index >= 15 is 0 Å². The summed E-state index contributed by atoms with van der Waals surface area (Å²) in [4.78, 5) is 14.3. The highest BCUT2D eigenvalue weighted by molar-refractivity contribution is 5.92. The summed E-state index contributed by atoms with van der Waals surface area (Å²) in [6.07, 6.45) is 2.24. The first-order chi connectivity index (χ1) is 9.58. The van der Waals surface area contributed by atoms with E-state index in [-0.39, 0.29) is 18.3 Å². The normalized spacial score (nSPS) is 22.4. The minimum absolute atomic E-state index is 0. The lowest BCUT2D eigenvalue weighted by molar-refractivity contribution is -0.118. The predicted molar refractivity (Wildman–Crippen MR) is 89.9 cm³/mol. The highest BCUT2D eigenvalue weighted by atomic mass is 35.5. The van der Waals surface area contributed by atoms with Crippen LogP contribution in [0.25, 0.3) is 0 Å². The molecule has 2 atom stereocenters. The number of likely N-dealkylation sites (tertiary alicyclic amines) is 1. The van der Waals surface area contributed by atoms with Crippen molar-refractivity contribution >= 4 is 24.0 Å². The number of carbonyl (C=O) groups excluding carboxylic acids is 1. The van der Waals surface area contributed by atoms with Crippen LogP contribution in [0.4, 0.5) is 5.69 Å². The number of aryl methyl sites for hydroxylation is 1. The number of carbonyl (C=O) groups is 1. The molecule has 4 nitrogen and oxygen atoms in total. The number of nitrogens with one attached hydrogen (secondary N) is 1. The van der Waals surface area contributed by atoms with Gasteiger partial charge in [0.1, 0.15) is 0 Å². The van der Waals surface area contributed by atoms with Crippen molar-refractivity contribution in [3.63, 3.8) is 0 Å². The van der Waals surface area contributed by atoms with Crippen LogP contribution in [-0.4, -0.2) is 36.5 Å². The van der Waals surface area contributed by atoms with Crippen molar-refractivity contribution in [1.82, 2.24) is 4.90 Å². The molecule has 0 aromatic heterocycles. The van der Waals surface area contributed by atoms with Crippen LogP contribution in [0.3, 0.4) is 0 Å². The summed E-state index contributed by atoms with van der Waals surface area (Å²) in [5.41, 5.74) is 7.88. The summed E-state index contributed by atoms with van der Waals surface area (Å²) in [6, 6.07) is 8.21. The first-order valence-electron chi connectivity index (χ1n) is 7.39. The van der Waals surface area contributed by atoms with E-state index in [2.05, 4.69) is 17.1 Å². The Hall–Kier alpha value is -1.10. The Morgan fingerprint density at radius 1 is 1.38 bits per heavy atom. The zero-order valence-corrected chi connectivity index (χ0v) is 13.7. The van der Waals surface area contributed by atoms with E-state index in [1.54, 1.807) is 0 Å². The molecule has 1 saturated heterocycles. The van der Waals surface area contributed by atoms with Gasteiger partial charge in [0.15, 0.2) is 0 Å². The number of anilines is 1. The van der Waals surface area contributed by atoms with E-state index in [9.17, 15) is 4.79 Å². The van der Waals surface area contributed by atoms with Crippen LogP contribution in [0, 0.1) is 12.8 Å².